The fourth-order valence-electron chi connectivity index (χ4n) is 2.53. The molecule has 0 spiro atoms. The third-order valence-electron chi connectivity index (χ3n) is 3.68. The van der Waals surface area contributed by atoms with E-state index < -0.39 is 6.10 Å². The summed E-state index contributed by atoms with van der Waals surface area (Å²) in [5.41, 5.74) is 1.06. The van der Waals surface area contributed by atoms with Crippen LogP contribution in [0.25, 0.3) is 0 Å². The lowest BCUT2D eigenvalue weighted by Gasteiger charge is -2.25. The van der Waals surface area contributed by atoms with Crippen LogP contribution in [0.1, 0.15) is 0 Å². The zero-order valence-electron chi connectivity index (χ0n) is 12.6. The highest BCUT2D eigenvalue weighted by molar-refractivity contribution is 5.98. The third kappa shape index (κ3) is 2.71. The molecule has 2 aliphatic heterocycles. The number of hydrogen-bond donors (Lipinski definition) is 2. The van der Waals surface area contributed by atoms with Crippen LogP contribution in [0.15, 0.2) is 42.5 Å². The van der Waals surface area contributed by atoms with Gasteiger partial charge < -0.3 is 24.8 Å². The summed E-state index contributed by atoms with van der Waals surface area (Å²) in [5, 5.41) is 5.45. The summed E-state index contributed by atoms with van der Waals surface area (Å²) in [6.45, 7) is 0.124. The number of fused-ring (bicyclic) bond motifs is 2. The normalized spacial score (nSPS) is 18.0. The Kier molecular flexibility index (Phi) is 3.45. The van der Waals surface area contributed by atoms with Crippen molar-refractivity contribution >= 4 is 23.2 Å². The van der Waals surface area contributed by atoms with Gasteiger partial charge in [0.1, 0.15) is 12.4 Å². The van der Waals surface area contributed by atoms with E-state index in [1.165, 1.54) is 0 Å². The summed E-state index contributed by atoms with van der Waals surface area (Å²) in [7, 11) is 0. The number of benzene rings is 2. The molecule has 0 unspecified atom stereocenters. The van der Waals surface area contributed by atoms with Gasteiger partial charge in [-0.1, -0.05) is 12.1 Å². The lowest BCUT2D eigenvalue weighted by Crippen LogP contribution is -2.40. The maximum atomic E-state index is 12.4. The van der Waals surface area contributed by atoms with Crippen LogP contribution in [0.4, 0.5) is 11.4 Å². The largest absolute Gasteiger partial charge is 0.485 e. The number of amides is 2. The van der Waals surface area contributed by atoms with Crippen LogP contribution in [0.2, 0.25) is 0 Å². The van der Waals surface area contributed by atoms with Crippen LogP contribution >= 0.6 is 0 Å². The average Bonchev–Trinajstić information content (AvgIpc) is 2.61. The highest BCUT2D eigenvalue weighted by Crippen LogP contribution is 2.32. The summed E-state index contributed by atoms with van der Waals surface area (Å²) in [5.74, 6) is 1.17. The molecule has 2 aromatic carbocycles. The number of hydrogen-bond acceptors (Lipinski definition) is 5. The zero-order valence-corrected chi connectivity index (χ0v) is 12.6. The van der Waals surface area contributed by atoms with Crippen molar-refractivity contribution in [1.82, 2.24) is 0 Å². The maximum Gasteiger partial charge on any atom is 0.269 e. The number of ether oxygens (including phenoxy) is 3. The molecule has 2 heterocycles. The summed E-state index contributed by atoms with van der Waals surface area (Å²) >= 11 is 0. The number of carbonyl (C=O) groups is 2. The molecule has 0 radical (unpaired) electrons. The van der Waals surface area contributed by atoms with Gasteiger partial charge in [-0.2, -0.15) is 0 Å². The minimum absolute atomic E-state index is 0.00856. The first kappa shape index (κ1) is 14.4. The number of para-hydroxylation sites is 2. The van der Waals surface area contributed by atoms with Gasteiger partial charge in [-0.15, -0.1) is 0 Å². The van der Waals surface area contributed by atoms with Gasteiger partial charge in [-0.25, -0.2) is 0 Å². The van der Waals surface area contributed by atoms with Gasteiger partial charge in [-0.3, -0.25) is 9.59 Å². The minimum Gasteiger partial charge on any atom is -0.485 e. The molecule has 7 nitrogen and oxygen atoms in total. The van der Waals surface area contributed by atoms with E-state index in [9.17, 15) is 9.59 Å². The highest BCUT2D eigenvalue weighted by atomic mass is 16.6. The molecule has 4 rings (SSSR count). The van der Waals surface area contributed by atoms with Gasteiger partial charge >= 0.3 is 0 Å². The number of anilines is 2. The topological polar surface area (TPSA) is 85.9 Å². The van der Waals surface area contributed by atoms with Crippen molar-refractivity contribution in [3.63, 3.8) is 0 Å². The number of nitrogens with one attached hydrogen (secondary N) is 2. The van der Waals surface area contributed by atoms with E-state index in [1.807, 2.05) is 12.1 Å². The second kappa shape index (κ2) is 5.77. The van der Waals surface area contributed by atoms with E-state index in [-0.39, 0.29) is 25.0 Å². The second-order valence-corrected chi connectivity index (χ2v) is 5.40. The molecule has 24 heavy (non-hydrogen) atoms. The van der Waals surface area contributed by atoms with E-state index >= 15 is 0 Å². The fraction of sp³-hybridized carbons (Fsp3) is 0.176. The fourth-order valence-corrected chi connectivity index (χ4v) is 2.53. The minimum atomic E-state index is -0.748. The smallest absolute Gasteiger partial charge is 0.269 e. The molecule has 122 valence electrons. The van der Waals surface area contributed by atoms with Gasteiger partial charge in [0.05, 0.1) is 5.69 Å². The average molecular weight is 326 g/mol. The molecule has 7 heteroatoms. The van der Waals surface area contributed by atoms with Crippen molar-refractivity contribution in [3.05, 3.63) is 42.5 Å². The van der Waals surface area contributed by atoms with Crippen LogP contribution in [-0.4, -0.2) is 31.1 Å². The molecule has 2 amide bonds. The number of rotatable bonds is 2. The first-order chi connectivity index (χ1) is 11.7. The maximum absolute atomic E-state index is 12.4. The van der Waals surface area contributed by atoms with E-state index in [1.54, 1.807) is 30.3 Å². The Morgan fingerprint density at radius 1 is 1.08 bits per heavy atom. The molecule has 0 aliphatic carbocycles. The monoisotopic (exact) mass is 326 g/mol. The zero-order chi connectivity index (χ0) is 16.5. The lowest BCUT2D eigenvalue weighted by molar-refractivity contribution is -0.125. The van der Waals surface area contributed by atoms with Crippen molar-refractivity contribution in [2.45, 2.75) is 6.10 Å². The molecular weight excluding hydrogens is 312 g/mol. The SMILES string of the molecule is O=C1COc2ccc(NC(=O)[C@H]3COc4ccccc4O3)cc2N1. The Bertz CT molecular complexity index is 820. The van der Waals surface area contributed by atoms with Gasteiger partial charge in [0, 0.05) is 5.69 Å². The lowest BCUT2D eigenvalue weighted by atomic mass is 10.2. The first-order valence-corrected chi connectivity index (χ1v) is 7.45. The van der Waals surface area contributed by atoms with Crippen molar-refractivity contribution in [1.29, 1.82) is 0 Å². The van der Waals surface area contributed by atoms with Crippen LogP contribution in [0.5, 0.6) is 17.2 Å². The summed E-state index contributed by atoms with van der Waals surface area (Å²) < 4.78 is 16.5. The molecule has 2 N–H and O–H groups in total. The Balaban J connectivity index is 1.47. The summed E-state index contributed by atoms with van der Waals surface area (Å²) in [6.07, 6.45) is -0.748. The molecule has 0 saturated heterocycles. The second-order valence-electron chi connectivity index (χ2n) is 5.40. The third-order valence-corrected chi connectivity index (χ3v) is 3.68. The summed E-state index contributed by atoms with van der Waals surface area (Å²) in [6, 6.07) is 12.2. The molecule has 0 aromatic heterocycles. The Morgan fingerprint density at radius 2 is 1.92 bits per heavy atom. The van der Waals surface area contributed by atoms with Crippen molar-refractivity contribution in [3.8, 4) is 17.2 Å². The Morgan fingerprint density at radius 3 is 2.79 bits per heavy atom. The Labute approximate surface area is 137 Å². The van der Waals surface area contributed by atoms with Crippen molar-refractivity contribution in [2.75, 3.05) is 23.8 Å². The van der Waals surface area contributed by atoms with E-state index in [4.69, 9.17) is 14.2 Å². The Hall–Kier alpha value is -3.22. The van der Waals surface area contributed by atoms with Crippen LogP contribution < -0.4 is 24.8 Å². The standard InChI is InChI=1S/C17H14N2O5/c20-16-9-23-12-6-5-10(7-11(12)19-16)18-17(21)15-8-22-13-3-1-2-4-14(13)24-15/h1-7,15H,8-9H2,(H,18,21)(H,19,20)/t15-/m1/s1. The van der Waals surface area contributed by atoms with Crippen molar-refractivity contribution < 1.29 is 23.8 Å². The van der Waals surface area contributed by atoms with E-state index in [0.29, 0.717) is 28.6 Å². The van der Waals surface area contributed by atoms with Crippen LogP contribution in [0.3, 0.4) is 0 Å². The van der Waals surface area contributed by atoms with Crippen molar-refractivity contribution in [2.24, 2.45) is 0 Å². The molecular formula is C17H14N2O5. The molecule has 2 aliphatic rings. The first-order valence-electron chi connectivity index (χ1n) is 7.45. The summed E-state index contributed by atoms with van der Waals surface area (Å²) in [4.78, 5) is 23.7. The molecule has 2 aromatic rings. The van der Waals surface area contributed by atoms with Crippen LogP contribution in [-0.2, 0) is 9.59 Å². The van der Waals surface area contributed by atoms with Gasteiger partial charge in [0.25, 0.3) is 11.8 Å². The van der Waals surface area contributed by atoms with Crippen LogP contribution in [0, 0.1) is 0 Å². The van der Waals surface area contributed by atoms with Gasteiger partial charge in [-0.05, 0) is 30.3 Å². The molecule has 1 atom stereocenters. The number of carbonyl (C=O) groups excluding carboxylic acids is 2. The van der Waals surface area contributed by atoms with Gasteiger partial charge in [0.2, 0.25) is 6.10 Å². The van der Waals surface area contributed by atoms with Gasteiger partial charge in [0.15, 0.2) is 18.1 Å². The van der Waals surface area contributed by atoms with E-state index in [0.717, 1.165) is 0 Å². The molecule has 0 bridgehead atoms. The van der Waals surface area contributed by atoms with E-state index in [2.05, 4.69) is 10.6 Å². The molecule has 0 saturated carbocycles. The quantitative estimate of drug-likeness (QED) is 0.879. The molecule has 0 fully saturated rings. The highest BCUT2D eigenvalue weighted by Gasteiger charge is 2.27. The predicted octanol–water partition coefficient (Wildman–Crippen LogP) is 1.80. The predicted molar refractivity (Wildman–Crippen MR) is 85.5 cm³/mol.